The number of benzene rings is 1. The van der Waals surface area contributed by atoms with Crippen molar-refractivity contribution in [1.29, 1.82) is 0 Å². The molecule has 0 saturated carbocycles. The highest BCUT2D eigenvalue weighted by molar-refractivity contribution is 7.80. The van der Waals surface area contributed by atoms with Gasteiger partial charge in [0, 0.05) is 46.4 Å². The van der Waals surface area contributed by atoms with Gasteiger partial charge in [-0.2, -0.15) is 12.6 Å². The lowest BCUT2D eigenvalue weighted by atomic mass is 9.84. The second-order valence-corrected chi connectivity index (χ2v) is 13.5. The van der Waals surface area contributed by atoms with Gasteiger partial charge >= 0.3 is 12.1 Å². The Balaban J connectivity index is 0.00000319. The van der Waals surface area contributed by atoms with E-state index in [4.69, 9.17) is 35.7 Å². The first-order valence-electron chi connectivity index (χ1n) is 15.9. The van der Waals surface area contributed by atoms with Gasteiger partial charge in [-0.3, -0.25) is 19.7 Å². The zero-order valence-corrected chi connectivity index (χ0v) is 30.7. The molecule has 0 spiro atoms. The molecule has 4 bridgehead atoms. The third kappa shape index (κ3) is 9.91. The fourth-order valence-corrected chi connectivity index (χ4v) is 6.60. The lowest BCUT2D eigenvalue weighted by Crippen LogP contribution is -2.57. The average molecular weight is 726 g/mol. The van der Waals surface area contributed by atoms with Crippen molar-refractivity contribution in [3.05, 3.63) is 46.5 Å². The van der Waals surface area contributed by atoms with Gasteiger partial charge in [0.05, 0.1) is 25.3 Å². The molecular formula is C34H48ClN3O10S. The number of carbonyl (C=O) groups is 4. The van der Waals surface area contributed by atoms with Gasteiger partial charge in [-0.25, -0.2) is 4.79 Å². The second kappa shape index (κ2) is 17.1. The van der Waals surface area contributed by atoms with Crippen LogP contribution in [0.2, 0.25) is 5.02 Å². The van der Waals surface area contributed by atoms with Crippen molar-refractivity contribution in [2.24, 2.45) is 5.92 Å². The normalized spacial score (nSPS) is 30.2. The standard InChI is InChI=1S/C33H44ClN3O9S.CH4O/c1-19-9-7-8-11-33(42)17-24(44-31(41)35-33)20(2)30-32(3,46-30)25(45-28(40)18-36(4)26(38)10-12-47)16-27(39)37(5)22-14-21(13-19)15-23(43-6)29(22)34;1-2/h7-9,14-15,20,24-25,30,42,47H,10-13,16-18H2,1-6H3,(H,35,41);2H,1H3/b8-7+,19-9+;/t20-,24?,25+,30?,32?,33-;/m1./s1. The van der Waals surface area contributed by atoms with Gasteiger partial charge in [-0.05, 0) is 43.7 Å². The van der Waals surface area contributed by atoms with E-state index in [9.17, 15) is 24.3 Å². The number of hydrogen-bond acceptors (Lipinski definition) is 11. The molecule has 49 heavy (non-hydrogen) atoms. The predicted octanol–water partition coefficient (Wildman–Crippen LogP) is 3.43. The number of epoxide rings is 1. The fraction of sp³-hybridized carbons (Fsp3) is 0.588. The Morgan fingerprint density at radius 2 is 1.96 bits per heavy atom. The number of halogens is 1. The van der Waals surface area contributed by atoms with Crippen LogP contribution in [-0.4, -0.2) is 109 Å². The quantitative estimate of drug-likeness (QED) is 0.194. The van der Waals surface area contributed by atoms with E-state index in [-0.39, 0.29) is 43.2 Å². The number of aliphatic hydroxyl groups excluding tert-OH is 1. The monoisotopic (exact) mass is 725 g/mol. The smallest absolute Gasteiger partial charge is 0.409 e. The Kier molecular flexibility index (Phi) is 14.0. The molecule has 4 rings (SSSR count). The van der Waals surface area contributed by atoms with E-state index in [1.54, 1.807) is 32.2 Å². The topological polar surface area (TPSA) is 167 Å². The minimum absolute atomic E-state index is 0.0805. The molecule has 0 aliphatic carbocycles. The van der Waals surface area contributed by atoms with Gasteiger partial charge in [0.15, 0.2) is 0 Å². The summed E-state index contributed by atoms with van der Waals surface area (Å²) in [5.41, 5.74) is -0.485. The van der Waals surface area contributed by atoms with Crippen LogP contribution in [0.25, 0.3) is 0 Å². The number of thiol groups is 1. The van der Waals surface area contributed by atoms with E-state index in [1.807, 2.05) is 26.0 Å². The number of carbonyl (C=O) groups excluding carboxylic acids is 4. The summed E-state index contributed by atoms with van der Waals surface area (Å²) >= 11 is 10.8. The third-order valence-corrected chi connectivity index (χ3v) is 9.57. The minimum Gasteiger partial charge on any atom is -0.495 e. The van der Waals surface area contributed by atoms with Crippen LogP contribution in [0.5, 0.6) is 5.75 Å². The Morgan fingerprint density at radius 3 is 2.61 bits per heavy atom. The summed E-state index contributed by atoms with van der Waals surface area (Å²) in [5, 5.41) is 21.1. The zero-order valence-electron chi connectivity index (χ0n) is 29.0. The highest BCUT2D eigenvalue weighted by atomic mass is 35.5. The molecule has 3 N–H and O–H groups in total. The van der Waals surface area contributed by atoms with Gasteiger partial charge in [-0.1, -0.05) is 42.3 Å². The fourth-order valence-electron chi connectivity index (χ4n) is 6.10. The van der Waals surface area contributed by atoms with Gasteiger partial charge in [0.1, 0.15) is 40.9 Å². The number of methoxy groups -OCH3 is 1. The maximum absolute atomic E-state index is 13.9. The molecule has 0 aromatic heterocycles. The van der Waals surface area contributed by atoms with Crippen molar-refractivity contribution < 1.29 is 48.3 Å². The van der Waals surface area contributed by atoms with Crippen LogP contribution in [0.1, 0.15) is 52.0 Å². The Bertz CT molecular complexity index is 1460. The lowest BCUT2D eigenvalue weighted by molar-refractivity contribution is -0.157. The lowest BCUT2D eigenvalue weighted by Gasteiger charge is -2.39. The number of allylic oxidation sites excluding steroid dienone is 3. The molecule has 13 nitrogen and oxygen atoms in total. The minimum atomic E-state index is -1.56. The number of nitrogens with one attached hydrogen (secondary N) is 1. The molecule has 15 heteroatoms. The second-order valence-electron chi connectivity index (χ2n) is 12.7. The maximum Gasteiger partial charge on any atom is 0.409 e. The van der Waals surface area contributed by atoms with E-state index < -0.39 is 53.5 Å². The summed E-state index contributed by atoms with van der Waals surface area (Å²) in [6, 6.07) is 3.61. The maximum atomic E-state index is 13.9. The molecule has 3 heterocycles. The van der Waals surface area contributed by atoms with Gasteiger partial charge in [-0.15, -0.1) is 0 Å². The van der Waals surface area contributed by atoms with Crippen LogP contribution in [0.3, 0.4) is 0 Å². The van der Waals surface area contributed by atoms with Crippen LogP contribution < -0.4 is 15.0 Å². The average Bonchev–Trinajstić information content (AvgIpc) is 3.75. The first kappa shape index (κ1) is 40.1. The van der Waals surface area contributed by atoms with Crippen molar-refractivity contribution in [1.82, 2.24) is 10.2 Å². The molecular weight excluding hydrogens is 678 g/mol. The zero-order chi connectivity index (χ0) is 36.7. The van der Waals surface area contributed by atoms with E-state index >= 15 is 0 Å². The van der Waals surface area contributed by atoms with E-state index in [0.717, 1.165) is 18.2 Å². The van der Waals surface area contributed by atoms with Crippen LogP contribution in [-0.2, 0) is 35.0 Å². The number of ether oxygens (including phenoxy) is 4. The first-order chi connectivity index (χ1) is 23.1. The molecule has 1 aromatic carbocycles. The molecule has 3 aliphatic rings. The number of alkyl carbamates (subject to hydrolysis) is 1. The van der Waals surface area contributed by atoms with E-state index in [0.29, 0.717) is 23.6 Å². The molecule has 0 radical (unpaired) electrons. The van der Waals surface area contributed by atoms with E-state index in [2.05, 4.69) is 17.9 Å². The highest BCUT2D eigenvalue weighted by Gasteiger charge is 2.64. The molecule has 6 atom stereocenters. The summed E-state index contributed by atoms with van der Waals surface area (Å²) < 4.78 is 23.2. The first-order valence-corrected chi connectivity index (χ1v) is 16.9. The number of aliphatic hydroxyl groups is 2. The molecule has 3 unspecified atom stereocenters. The van der Waals surface area contributed by atoms with Crippen molar-refractivity contribution in [2.45, 2.75) is 82.5 Å². The van der Waals surface area contributed by atoms with Crippen LogP contribution in [0.15, 0.2) is 35.9 Å². The Morgan fingerprint density at radius 1 is 1.27 bits per heavy atom. The van der Waals surface area contributed by atoms with Crippen molar-refractivity contribution in [2.75, 3.05) is 45.5 Å². The van der Waals surface area contributed by atoms with Crippen molar-refractivity contribution in [3.8, 4) is 5.75 Å². The highest BCUT2D eigenvalue weighted by Crippen LogP contribution is 2.49. The van der Waals surface area contributed by atoms with Gasteiger partial charge in [0.25, 0.3) is 0 Å². The van der Waals surface area contributed by atoms with Crippen molar-refractivity contribution in [3.63, 3.8) is 0 Å². The largest absolute Gasteiger partial charge is 0.495 e. The number of anilines is 1. The Labute approximate surface area is 297 Å². The molecule has 3 aliphatic heterocycles. The molecule has 2 fully saturated rings. The summed E-state index contributed by atoms with van der Waals surface area (Å²) in [6.45, 7) is 5.15. The van der Waals surface area contributed by atoms with Gasteiger partial charge in [0.2, 0.25) is 11.8 Å². The van der Waals surface area contributed by atoms with Crippen LogP contribution in [0.4, 0.5) is 10.5 Å². The number of nitrogens with zero attached hydrogens (tertiary/aromatic N) is 2. The van der Waals surface area contributed by atoms with Crippen LogP contribution in [0, 0.1) is 5.92 Å². The number of hydrogen-bond donors (Lipinski definition) is 4. The van der Waals surface area contributed by atoms with Gasteiger partial charge < -0.3 is 39.0 Å². The summed E-state index contributed by atoms with van der Waals surface area (Å²) in [5.74, 6) is -1.15. The summed E-state index contributed by atoms with van der Waals surface area (Å²) in [6.07, 6.45) is 2.91. The molecule has 2 saturated heterocycles. The summed E-state index contributed by atoms with van der Waals surface area (Å²) in [7, 11) is 5.56. The Hall–Kier alpha value is -3.30. The molecule has 272 valence electrons. The summed E-state index contributed by atoms with van der Waals surface area (Å²) in [4.78, 5) is 54.6. The van der Waals surface area contributed by atoms with Crippen LogP contribution >= 0.6 is 24.2 Å². The SMILES string of the molecule is CO.COc1cc2cc(c1Cl)N(C)C(=O)C[C@H](OC(=O)CN(C)C(=O)CCS)C1(C)OC1[C@H](C)C1C[C@](O)(C/C=C/C=C(\C)C2)NC(=O)O1. The van der Waals surface area contributed by atoms with E-state index in [1.165, 1.54) is 24.0 Å². The number of esters is 1. The number of likely N-dealkylation sites (N-methyl/N-ethyl adjacent to an activating group) is 1. The molecule has 3 amide bonds. The molecule has 1 aromatic rings. The number of rotatable bonds is 6. The predicted molar refractivity (Wildman–Crippen MR) is 187 cm³/mol. The number of fused-ring (bicyclic) bond motifs is 5. The number of amides is 3. The van der Waals surface area contributed by atoms with Crippen molar-refractivity contribution >= 4 is 53.8 Å². The third-order valence-electron chi connectivity index (χ3n) is 8.97.